The predicted molar refractivity (Wildman–Crippen MR) is 99.8 cm³/mol. The van der Waals surface area contributed by atoms with Crippen LogP contribution in [0.1, 0.15) is 37.7 Å². The Labute approximate surface area is 159 Å². The molecule has 1 aromatic carbocycles. The first-order chi connectivity index (χ1) is 13.0. The SMILES string of the molecule is C#CCCC1(CCC(=O)NC2CCN(Cc3ccc(OC)cc3)C2=O)N=N1. The molecular formula is C20H24N4O3. The second-order valence-electron chi connectivity index (χ2n) is 6.90. The molecule has 2 heterocycles. The standard InChI is InChI=1S/C20H24N4O3/c1-3-4-11-20(22-23-20)12-9-18(25)21-17-10-13-24(19(17)26)14-15-5-7-16(27-2)8-6-15/h1,5-8,17H,4,9-14H2,2H3,(H,21,25). The molecule has 0 spiro atoms. The molecule has 7 heteroatoms. The van der Waals surface area contributed by atoms with E-state index in [1.807, 2.05) is 24.3 Å². The van der Waals surface area contributed by atoms with Crippen molar-refractivity contribution >= 4 is 11.8 Å². The van der Waals surface area contributed by atoms with Crippen molar-refractivity contribution in [2.24, 2.45) is 10.2 Å². The van der Waals surface area contributed by atoms with Gasteiger partial charge in [-0.05, 0) is 24.1 Å². The summed E-state index contributed by atoms with van der Waals surface area (Å²) in [6, 6.07) is 7.18. The van der Waals surface area contributed by atoms with E-state index in [4.69, 9.17) is 11.2 Å². The summed E-state index contributed by atoms with van der Waals surface area (Å²) in [5.41, 5.74) is 0.563. The summed E-state index contributed by atoms with van der Waals surface area (Å²) >= 11 is 0. The zero-order chi connectivity index (χ0) is 19.3. The van der Waals surface area contributed by atoms with Gasteiger partial charge in [0.25, 0.3) is 0 Å². The van der Waals surface area contributed by atoms with Crippen molar-refractivity contribution in [3.8, 4) is 18.1 Å². The molecule has 7 nitrogen and oxygen atoms in total. The minimum absolute atomic E-state index is 0.0398. The molecule has 1 atom stereocenters. The van der Waals surface area contributed by atoms with E-state index in [1.54, 1.807) is 12.0 Å². The minimum Gasteiger partial charge on any atom is -0.497 e. The number of hydrogen-bond acceptors (Lipinski definition) is 5. The minimum atomic E-state index is -0.468. The number of carbonyl (C=O) groups is 2. The number of carbonyl (C=O) groups excluding carboxylic acids is 2. The van der Waals surface area contributed by atoms with Crippen LogP contribution >= 0.6 is 0 Å². The van der Waals surface area contributed by atoms with Gasteiger partial charge in [0.1, 0.15) is 11.8 Å². The van der Waals surface area contributed by atoms with Crippen LogP contribution in [0.3, 0.4) is 0 Å². The lowest BCUT2D eigenvalue weighted by Crippen LogP contribution is -2.41. The van der Waals surface area contributed by atoms with Crippen molar-refractivity contribution < 1.29 is 14.3 Å². The van der Waals surface area contributed by atoms with Gasteiger partial charge in [-0.3, -0.25) is 9.59 Å². The summed E-state index contributed by atoms with van der Waals surface area (Å²) in [5, 5.41) is 10.9. The maximum atomic E-state index is 12.6. The van der Waals surface area contributed by atoms with Crippen molar-refractivity contribution in [3.05, 3.63) is 29.8 Å². The summed E-state index contributed by atoms with van der Waals surface area (Å²) in [7, 11) is 1.62. The Morgan fingerprint density at radius 2 is 2.11 bits per heavy atom. The highest BCUT2D eigenvalue weighted by atomic mass is 16.5. The molecule has 0 saturated carbocycles. The number of hydrogen-bond donors (Lipinski definition) is 1. The van der Waals surface area contributed by atoms with Crippen LogP contribution in [0.25, 0.3) is 0 Å². The summed E-state index contributed by atoms with van der Waals surface area (Å²) in [6.07, 6.45) is 7.99. The zero-order valence-electron chi connectivity index (χ0n) is 15.5. The third-order valence-corrected chi connectivity index (χ3v) is 4.97. The molecule has 1 aromatic rings. The lowest BCUT2D eigenvalue weighted by atomic mass is 10.0. The van der Waals surface area contributed by atoms with E-state index in [2.05, 4.69) is 21.5 Å². The first-order valence-corrected chi connectivity index (χ1v) is 9.14. The first-order valence-electron chi connectivity index (χ1n) is 9.14. The van der Waals surface area contributed by atoms with Crippen LogP contribution in [-0.2, 0) is 16.1 Å². The molecule has 3 rings (SSSR count). The van der Waals surface area contributed by atoms with Gasteiger partial charge in [-0.15, -0.1) is 12.3 Å². The third-order valence-electron chi connectivity index (χ3n) is 4.97. The second kappa shape index (κ2) is 8.21. The molecule has 142 valence electrons. The van der Waals surface area contributed by atoms with Crippen molar-refractivity contribution in [1.82, 2.24) is 10.2 Å². The second-order valence-corrected chi connectivity index (χ2v) is 6.90. The Bertz CT molecular complexity index is 760. The molecule has 0 aliphatic carbocycles. The van der Waals surface area contributed by atoms with E-state index in [0.29, 0.717) is 45.2 Å². The average Bonchev–Trinajstić information content (AvgIpc) is 3.39. The molecule has 0 radical (unpaired) electrons. The van der Waals surface area contributed by atoms with E-state index in [0.717, 1.165) is 11.3 Å². The molecule has 1 fully saturated rings. The van der Waals surface area contributed by atoms with E-state index in [9.17, 15) is 9.59 Å². The Kier molecular flexibility index (Phi) is 5.75. The van der Waals surface area contributed by atoms with E-state index in [1.165, 1.54) is 0 Å². The third kappa shape index (κ3) is 4.85. The number of nitrogens with zero attached hydrogens (tertiary/aromatic N) is 3. The molecule has 1 saturated heterocycles. The number of amides is 2. The van der Waals surface area contributed by atoms with Gasteiger partial charge >= 0.3 is 0 Å². The fourth-order valence-electron chi connectivity index (χ4n) is 3.23. The number of ether oxygens (including phenoxy) is 1. The van der Waals surface area contributed by atoms with Crippen LogP contribution in [0.5, 0.6) is 5.75 Å². The van der Waals surface area contributed by atoms with Crippen molar-refractivity contribution in [2.45, 2.75) is 50.4 Å². The molecule has 1 unspecified atom stereocenters. The first kappa shape index (κ1) is 18.9. The van der Waals surface area contributed by atoms with Crippen LogP contribution in [-0.4, -0.2) is 42.1 Å². The van der Waals surface area contributed by atoms with E-state index in [-0.39, 0.29) is 11.8 Å². The molecule has 2 aliphatic heterocycles. The van der Waals surface area contributed by atoms with Crippen molar-refractivity contribution in [3.63, 3.8) is 0 Å². The lowest BCUT2D eigenvalue weighted by molar-refractivity contribution is -0.133. The van der Waals surface area contributed by atoms with E-state index >= 15 is 0 Å². The number of nitrogens with one attached hydrogen (secondary N) is 1. The van der Waals surface area contributed by atoms with Crippen molar-refractivity contribution in [1.29, 1.82) is 0 Å². The van der Waals surface area contributed by atoms with Gasteiger partial charge in [-0.2, -0.15) is 10.2 Å². The normalized spacial score (nSPS) is 19.6. The summed E-state index contributed by atoms with van der Waals surface area (Å²) in [6.45, 7) is 1.16. The Hall–Kier alpha value is -2.88. The van der Waals surface area contributed by atoms with Gasteiger partial charge in [0.2, 0.25) is 11.8 Å². The Morgan fingerprint density at radius 3 is 2.74 bits per heavy atom. The van der Waals surface area contributed by atoms with Gasteiger partial charge in [0.15, 0.2) is 5.66 Å². The monoisotopic (exact) mass is 368 g/mol. The van der Waals surface area contributed by atoms with Gasteiger partial charge in [0, 0.05) is 38.8 Å². The van der Waals surface area contributed by atoms with Crippen LogP contribution in [0.15, 0.2) is 34.5 Å². The van der Waals surface area contributed by atoms with Gasteiger partial charge in [0.05, 0.1) is 7.11 Å². The molecule has 2 aliphatic rings. The molecule has 1 N–H and O–H groups in total. The summed E-state index contributed by atoms with van der Waals surface area (Å²) in [5.74, 6) is 3.17. The van der Waals surface area contributed by atoms with Crippen molar-refractivity contribution in [2.75, 3.05) is 13.7 Å². The fraction of sp³-hybridized carbons (Fsp3) is 0.500. The molecule has 0 bridgehead atoms. The average molecular weight is 368 g/mol. The fourth-order valence-corrected chi connectivity index (χ4v) is 3.23. The Balaban J connectivity index is 1.44. The van der Waals surface area contributed by atoms with E-state index < -0.39 is 11.7 Å². The number of terminal acetylenes is 1. The molecule has 27 heavy (non-hydrogen) atoms. The zero-order valence-corrected chi connectivity index (χ0v) is 15.5. The lowest BCUT2D eigenvalue weighted by Gasteiger charge is -2.17. The highest BCUT2D eigenvalue weighted by molar-refractivity contribution is 5.89. The van der Waals surface area contributed by atoms with Crippen LogP contribution in [0.4, 0.5) is 0 Å². The van der Waals surface area contributed by atoms with Gasteiger partial charge < -0.3 is 15.0 Å². The maximum absolute atomic E-state index is 12.6. The number of likely N-dealkylation sites (tertiary alicyclic amines) is 1. The van der Waals surface area contributed by atoms with Crippen LogP contribution < -0.4 is 10.1 Å². The quantitative estimate of drug-likeness (QED) is 0.679. The van der Waals surface area contributed by atoms with Gasteiger partial charge in [-0.25, -0.2) is 0 Å². The van der Waals surface area contributed by atoms with Crippen LogP contribution in [0, 0.1) is 12.3 Å². The highest BCUT2D eigenvalue weighted by Gasteiger charge is 2.40. The molecule has 2 amide bonds. The number of benzene rings is 1. The predicted octanol–water partition coefficient (Wildman–Crippen LogP) is 2.27. The molecule has 0 aromatic heterocycles. The number of methoxy groups -OCH3 is 1. The topological polar surface area (TPSA) is 83.4 Å². The highest BCUT2D eigenvalue weighted by Crippen LogP contribution is 2.37. The van der Waals surface area contributed by atoms with Gasteiger partial charge in [-0.1, -0.05) is 12.1 Å². The largest absolute Gasteiger partial charge is 0.497 e. The smallest absolute Gasteiger partial charge is 0.245 e. The molecular weight excluding hydrogens is 344 g/mol. The number of rotatable bonds is 9. The van der Waals surface area contributed by atoms with Crippen LogP contribution in [0.2, 0.25) is 0 Å². The summed E-state index contributed by atoms with van der Waals surface area (Å²) in [4.78, 5) is 26.5. The summed E-state index contributed by atoms with van der Waals surface area (Å²) < 4.78 is 5.14. The Morgan fingerprint density at radius 1 is 1.37 bits per heavy atom. The maximum Gasteiger partial charge on any atom is 0.245 e.